The van der Waals surface area contributed by atoms with Gasteiger partial charge < -0.3 is 0 Å². The lowest BCUT2D eigenvalue weighted by Gasteiger charge is -2.18. The van der Waals surface area contributed by atoms with Gasteiger partial charge in [0.15, 0.2) is 0 Å². The van der Waals surface area contributed by atoms with Gasteiger partial charge in [-0.1, -0.05) is 13.3 Å². The van der Waals surface area contributed by atoms with Crippen LogP contribution in [-0.4, -0.2) is 15.2 Å². The third kappa shape index (κ3) is 1.78. The zero-order valence-corrected chi connectivity index (χ0v) is 6.75. The summed E-state index contributed by atoms with van der Waals surface area (Å²) in [6.07, 6.45) is 4.78. The third-order valence-electron chi connectivity index (χ3n) is 1.95. The maximum absolute atomic E-state index is 11.1. The van der Waals surface area contributed by atoms with Gasteiger partial charge in [-0.25, -0.2) is 0 Å². The molecule has 1 rings (SSSR count). The van der Waals surface area contributed by atoms with Gasteiger partial charge in [0, 0.05) is 21.8 Å². The average molecular weight is 146 g/mol. The second kappa shape index (κ2) is 3.35. The highest BCUT2D eigenvalue weighted by atomic mass is 32.2. The van der Waals surface area contributed by atoms with Gasteiger partial charge in [-0.3, -0.25) is 4.21 Å². The molecular weight excluding hydrogens is 132 g/mol. The van der Waals surface area contributed by atoms with Gasteiger partial charge in [0.2, 0.25) is 0 Å². The van der Waals surface area contributed by atoms with E-state index in [1.807, 2.05) is 0 Å². The first-order valence-corrected chi connectivity index (χ1v) is 5.10. The van der Waals surface area contributed by atoms with E-state index in [1.165, 1.54) is 19.3 Å². The lowest BCUT2D eigenvalue weighted by molar-refractivity contribution is 0.599. The summed E-state index contributed by atoms with van der Waals surface area (Å²) in [6, 6.07) is 0. The first kappa shape index (κ1) is 7.26. The molecule has 2 heteroatoms. The zero-order chi connectivity index (χ0) is 6.69. The van der Waals surface area contributed by atoms with Crippen molar-refractivity contribution in [3.05, 3.63) is 0 Å². The molecule has 0 spiro atoms. The van der Waals surface area contributed by atoms with Crippen LogP contribution < -0.4 is 0 Å². The van der Waals surface area contributed by atoms with Crippen LogP contribution >= 0.6 is 0 Å². The first-order chi connectivity index (χ1) is 4.34. The van der Waals surface area contributed by atoms with Gasteiger partial charge in [-0.15, -0.1) is 0 Å². The Morgan fingerprint density at radius 1 is 1.56 bits per heavy atom. The maximum Gasteiger partial charge on any atom is 0.0345 e. The summed E-state index contributed by atoms with van der Waals surface area (Å²) in [5.41, 5.74) is 0. The van der Waals surface area contributed by atoms with E-state index >= 15 is 0 Å². The van der Waals surface area contributed by atoms with Crippen LogP contribution in [0.25, 0.3) is 0 Å². The molecule has 2 atom stereocenters. The maximum atomic E-state index is 11.1. The van der Waals surface area contributed by atoms with Crippen molar-refractivity contribution in [1.82, 2.24) is 0 Å². The molecule has 0 aromatic rings. The molecule has 0 N–H and O–H groups in total. The minimum atomic E-state index is -0.478. The highest BCUT2D eigenvalue weighted by Crippen LogP contribution is 2.17. The van der Waals surface area contributed by atoms with Gasteiger partial charge in [-0.05, 0) is 19.3 Å². The van der Waals surface area contributed by atoms with Gasteiger partial charge in [0.1, 0.15) is 0 Å². The number of hydrogen-bond donors (Lipinski definition) is 0. The van der Waals surface area contributed by atoms with E-state index in [0.717, 1.165) is 12.2 Å². The molecule has 0 radical (unpaired) electrons. The highest BCUT2D eigenvalue weighted by molar-refractivity contribution is 7.85. The van der Waals surface area contributed by atoms with Crippen LogP contribution in [0.1, 0.15) is 32.6 Å². The van der Waals surface area contributed by atoms with Crippen molar-refractivity contribution < 1.29 is 4.21 Å². The molecule has 1 fully saturated rings. The molecule has 9 heavy (non-hydrogen) atoms. The summed E-state index contributed by atoms with van der Waals surface area (Å²) < 4.78 is 11.1. The lowest BCUT2D eigenvalue weighted by atomic mass is 10.1. The van der Waals surface area contributed by atoms with Crippen LogP contribution in [0.4, 0.5) is 0 Å². The quantitative estimate of drug-likeness (QED) is 0.550. The molecule has 0 aromatic carbocycles. The minimum absolute atomic E-state index is 0.478. The monoisotopic (exact) mass is 146 g/mol. The summed E-state index contributed by atoms with van der Waals surface area (Å²) >= 11 is 0. The molecule has 0 amide bonds. The van der Waals surface area contributed by atoms with Crippen molar-refractivity contribution >= 4 is 10.8 Å². The van der Waals surface area contributed by atoms with Crippen LogP contribution in [0.5, 0.6) is 0 Å². The van der Waals surface area contributed by atoms with Gasteiger partial charge >= 0.3 is 0 Å². The van der Waals surface area contributed by atoms with E-state index in [1.54, 1.807) is 0 Å². The SMILES string of the molecule is CC[C@H]1CCCC[S@]1=O. The molecular formula is C7H14OS. The summed E-state index contributed by atoms with van der Waals surface area (Å²) in [6.45, 7) is 2.13. The predicted molar refractivity (Wildman–Crippen MR) is 40.9 cm³/mol. The molecule has 1 nitrogen and oxygen atoms in total. The van der Waals surface area contributed by atoms with Crippen molar-refractivity contribution in [2.75, 3.05) is 5.75 Å². The Bertz CT molecular complexity index is 111. The van der Waals surface area contributed by atoms with Gasteiger partial charge in [0.25, 0.3) is 0 Å². The Hall–Kier alpha value is 0.150. The minimum Gasteiger partial charge on any atom is -0.259 e. The van der Waals surface area contributed by atoms with Crippen molar-refractivity contribution in [2.24, 2.45) is 0 Å². The zero-order valence-electron chi connectivity index (χ0n) is 5.93. The standard InChI is InChI=1S/C7H14OS/c1-2-7-5-3-4-6-9(7)8/h7H,2-6H2,1H3/t7-,9+/m0/s1. The second-order valence-electron chi connectivity index (χ2n) is 2.61. The Morgan fingerprint density at radius 3 is 2.78 bits per heavy atom. The fourth-order valence-corrected chi connectivity index (χ4v) is 2.93. The Balaban J connectivity index is 2.39. The van der Waals surface area contributed by atoms with Crippen molar-refractivity contribution in [2.45, 2.75) is 37.9 Å². The normalized spacial score (nSPS) is 36.6. The van der Waals surface area contributed by atoms with E-state index in [4.69, 9.17) is 0 Å². The largest absolute Gasteiger partial charge is 0.259 e. The molecule has 0 unspecified atom stereocenters. The molecule has 1 saturated heterocycles. The van der Waals surface area contributed by atoms with Crippen LogP contribution in [0, 0.1) is 0 Å². The fraction of sp³-hybridized carbons (Fsp3) is 1.00. The molecule has 0 bridgehead atoms. The van der Waals surface area contributed by atoms with Crippen LogP contribution in [0.3, 0.4) is 0 Å². The molecule has 0 saturated carbocycles. The summed E-state index contributed by atoms with van der Waals surface area (Å²) in [4.78, 5) is 0. The van der Waals surface area contributed by atoms with E-state index in [0.29, 0.717) is 5.25 Å². The molecule has 1 aliphatic rings. The summed E-state index contributed by atoms with van der Waals surface area (Å²) in [7, 11) is -0.478. The molecule has 1 heterocycles. The Morgan fingerprint density at radius 2 is 2.33 bits per heavy atom. The molecule has 1 aliphatic heterocycles. The van der Waals surface area contributed by atoms with Gasteiger partial charge in [0.05, 0.1) is 0 Å². The van der Waals surface area contributed by atoms with E-state index in [2.05, 4.69) is 6.92 Å². The van der Waals surface area contributed by atoms with E-state index in [9.17, 15) is 4.21 Å². The third-order valence-corrected chi connectivity index (χ3v) is 3.95. The molecule has 54 valence electrons. The molecule has 0 aromatic heterocycles. The molecule has 0 aliphatic carbocycles. The first-order valence-electron chi connectivity index (χ1n) is 3.71. The summed E-state index contributed by atoms with van der Waals surface area (Å²) in [5, 5.41) is 0.527. The van der Waals surface area contributed by atoms with Crippen molar-refractivity contribution in [1.29, 1.82) is 0 Å². The van der Waals surface area contributed by atoms with Gasteiger partial charge in [-0.2, -0.15) is 0 Å². The average Bonchev–Trinajstić information content (AvgIpc) is 1.89. The van der Waals surface area contributed by atoms with Crippen LogP contribution in [-0.2, 0) is 10.8 Å². The second-order valence-corrected chi connectivity index (χ2v) is 4.45. The lowest BCUT2D eigenvalue weighted by Crippen LogP contribution is -2.21. The van der Waals surface area contributed by atoms with E-state index < -0.39 is 10.8 Å². The predicted octanol–water partition coefficient (Wildman–Crippen LogP) is 1.70. The highest BCUT2D eigenvalue weighted by Gasteiger charge is 2.17. The topological polar surface area (TPSA) is 17.1 Å². The smallest absolute Gasteiger partial charge is 0.0345 e. The number of hydrogen-bond acceptors (Lipinski definition) is 1. The van der Waals surface area contributed by atoms with Crippen molar-refractivity contribution in [3.63, 3.8) is 0 Å². The van der Waals surface area contributed by atoms with Crippen LogP contribution in [0.15, 0.2) is 0 Å². The van der Waals surface area contributed by atoms with Crippen LogP contribution in [0.2, 0.25) is 0 Å². The number of rotatable bonds is 1. The van der Waals surface area contributed by atoms with E-state index in [-0.39, 0.29) is 0 Å². The Labute approximate surface area is 59.3 Å². The van der Waals surface area contributed by atoms with Crippen molar-refractivity contribution in [3.8, 4) is 0 Å². The summed E-state index contributed by atoms with van der Waals surface area (Å²) in [5.74, 6) is 0.957. The fourth-order valence-electron chi connectivity index (χ4n) is 1.30. The Kier molecular flexibility index (Phi) is 2.70.